The summed E-state index contributed by atoms with van der Waals surface area (Å²) in [5, 5.41) is 1.66. The number of ether oxygens (including phenoxy) is 1. The lowest BCUT2D eigenvalue weighted by molar-refractivity contribution is 0.344. The highest BCUT2D eigenvalue weighted by atomic mass is 32.2. The summed E-state index contributed by atoms with van der Waals surface area (Å²) in [6, 6.07) is 20.2. The van der Waals surface area contributed by atoms with Gasteiger partial charge in [-0.25, -0.2) is 4.98 Å². The maximum atomic E-state index is 13.6. The Kier molecular flexibility index (Phi) is 6.60. The molecule has 0 saturated heterocycles. The Morgan fingerprint density at radius 1 is 1.00 bits per heavy atom. The minimum Gasteiger partial charge on any atom is -0.493 e. The van der Waals surface area contributed by atoms with Crippen molar-refractivity contribution < 1.29 is 4.74 Å². The number of benzene rings is 2. The molecule has 0 amide bonds. The quantitative estimate of drug-likeness (QED) is 0.190. The Labute approximate surface area is 196 Å². The van der Waals surface area contributed by atoms with E-state index in [0.29, 0.717) is 13.2 Å². The molecule has 0 bridgehead atoms. The first kappa shape index (κ1) is 21.3. The molecule has 1 aliphatic carbocycles. The number of thioether (sulfide) groups is 1. The molecule has 4 nitrogen and oxygen atoms in total. The van der Waals surface area contributed by atoms with Gasteiger partial charge in [-0.05, 0) is 55.4 Å². The second-order valence-electron chi connectivity index (χ2n) is 7.99. The monoisotopic (exact) mass is 462 g/mol. The maximum absolute atomic E-state index is 13.6. The van der Waals surface area contributed by atoms with Crippen molar-refractivity contribution >= 4 is 33.3 Å². The summed E-state index contributed by atoms with van der Waals surface area (Å²) in [6.45, 7) is 1.21. The summed E-state index contributed by atoms with van der Waals surface area (Å²) in [7, 11) is 0. The van der Waals surface area contributed by atoms with Crippen LogP contribution in [-0.2, 0) is 25.8 Å². The van der Waals surface area contributed by atoms with Crippen LogP contribution in [0.4, 0.5) is 0 Å². The Hall–Kier alpha value is -2.57. The van der Waals surface area contributed by atoms with Crippen molar-refractivity contribution in [1.82, 2.24) is 9.55 Å². The van der Waals surface area contributed by atoms with Gasteiger partial charge in [-0.15, -0.1) is 11.3 Å². The average Bonchev–Trinajstić information content (AvgIpc) is 3.21. The summed E-state index contributed by atoms with van der Waals surface area (Å²) in [5.74, 6) is 1.60. The minimum absolute atomic E-state index is 0.122. The fourth-order valence-electron chi connectivity index (χ4n) is 4.22. The van der Waals surface area contributed by atoms with Crippen LogP contribution >= 0.6 is 23.1 Å². The lowest BCUT2D eigenvalue weighted by atomic mass is 9.97. The van der Waals surface area contributed by atoms with Crippen LogP contribution in [0.5, 0.6) is 5.75 Å². The van der Waals surface area contributed by atoms with Gasteiger partial charge >= 0.3 is 0 Å². The van der Waals surface area contributed by atoms with Crippen LogP contribution in [0.1, 0.15) is 28.8 Å². The van der Waals surface area contributed by atoms with Crippen LogP contribution in [0.3, 0.4) is 0 Å². The van der Waals surface area contributed by atoms with Crippen molar-refractivity contribution in [3.8, 4) is 5.75 Å². The highest BCUT2D eigenvalue weighted by Crippen LogP contribution is 2.34. The van der Waals surface area contributed by atoms with E-state index >= 15 is 0 Å². The summed E-state index contributed by atoms with van der Waals surface area (Å²) < 4.78 is 7.74. The third-order valence-corrected chi connectivity index (χ3v) is 7.96. The number of thiophene rings is 1. The largest absolute Gasteiger partial charge is 0.493 e. The van der Waals surface area contributed by atoms with Crippen LogP contribution in [0.25, 0.3) is 10.2 Å². The number of aryl methyl sites for hydroxylation is 3. The lowest BCUT2D eigenvalue weighted by Gasteiger charge is -2.14. The molecule has 2 heterocycles. The summed E-state index contributed by atoms with van der Waals surface area (Å²) in [4.78, 5) is 20.9. The van der Waals surface area contributed by atoms with E-state index in [1.165, 1.54) is 22.4 Å². The van der Waals surface area contributed by atoms with Crippen molar-refractivity contribution in [2.24, 2.45) is 0 Å². The van der Waals surface area contributed by atoms with Gasteiger partial charge in [0.2, 0.25) is 0 Å². The first-order valence-corrected chi connectivity index (χ1v) is 13.0. The average molecular weight is 463 g/mol. The Bertz CT molecular complexity index is 1250. The fourth-order valence-corrected chi connectivity index (χ4v) is 6.37. The van der Waals surface area contributed by atoms with Gasteiger partial charge in [-0.3, -0.25) is 9.36 Å². The van der Waals surface area contributed by atoms with Crippen molar-refractivity contribution in [1.29, 1.82) is 0 Å². The summed E-state index contributed by atoms with van der Waals surface area (Å²) >= 11 is 3.33. The third-order valence-electron chi connectivity index (χ3n) is 5.83. The second-order valence-corrected chi connectivity index (χ2v) is 10.1. The van der Waals surface area contributed by atoms with Crippen molar-refractivity contribution in [3.63, 3.8) is 0 Å². The topological polar surface area (TPSA) is 44.1 Å². The molecule has 2 aromatic carbocycles. The van der Waals surface area contributed by atoms with Crippen molar-refractivity contribution in [2.75, 3.05) is 12.4 Å². The summed E-state index contributed by atoms with van der Waals surface area (Å²) in [5.41, 5.74) is 2.61. The second kappa shape index (κ2) is 9.92. The predicted octanol–water partition coefficient (Wildman–Crippen LogP) is 5.75. The molecule has 0 unspecified atom stereocenters. The number of rotatable bonds is 8. The Morgan fingerprint density at radius 3 is 2.56 bits per heavy atom. The van der Waals surface area contributed by atoms with Crippen molar-refractivity contribution in [3.05, 3.63) is 87.0 Å². The van der Waals surface area contributed by atoms with E-state index < -0.39 is 0 Å². The highest BCUT2D eigenvalue weighted by molar-refractivity contribution is 7.99. The summed E-state index contributed by atoms with van der Waals surface area (Å²) in [6.07, 6.45) is 5.26. The first-order chi connectivity index (χ1) is 15.8. The predicted molar refractivity (Wildman–Crippen MR) is 133 cm³/mol. The van der Waals surface area contributed by atoms with E-state index in [0.717, 1.165) is 52.6 Å². The van der Waals surface area contributed by atoms with Crippen LogP contribution in [0.15, 0.2) is 70.6 Å². The van der Waals surface area contributed by atoms with Crippen LogP contribution in [-0.4, -0.2) is 21.9 Å². The molecule has 0 radical (unpaired) electrons. The van der Waals surface area contributed by atoms with E-state index in [1.54, 1.807) is 23.1 Å². The molecular formula is C26H26N2O2S2. The van der Waals surface area contributed by atoms with E-state index in [2.05, 4.69) is 12.1 Å². The molecule has 0 aliphatic heterocycles. The van der Waals surface area contributed by atoms with E-state index in [-0.39, 0.29) is 5.56 Å². The number of nitrogens with zero attached hydrogens (tertiary/aromatic N) is 2. The van der Waals surface area contributed by atoms with Gasteiger partial charge in [0.15, 0.2) is 5.16 Å². The molecule has 32 heavy (non-hydrogen) atoms. The zero-order chi connectivity index (χ0) is 21.8. The molecule has 0 spiro atoms. The fraction of sp³-hybridized carbons (Fsp3) is 0.308. The van der Waals surface area contributed by atoms with Gasteiger partial charge in [-0.2, -0.15) is 0 Å². The van der Waals surface area contributed by atoms with Gasteiger partial charge in [0, 0.05) is 17.2 Å². The molecule has 0 atom stereocenters. The van der Waals surface area contributed by atoms with Gasteiger partial charge in [0.05, 0.1) is 12.0 Å². The number of fused-ring (bicyclic) bond motifs is 3. The standard InChI is InChI=1S/C26H26N2O2S2/c29-25-23-21-13-7-8-14-22(21)32-24(23)27-26(28(25)16-15-19-9-3-1-4-10-19)31-18-17-30-20-11-5-2-6-12-20/h1-6,9-12H,7-8,13-18H2. The molecule has 0 N–H and O–H groups in total. The van der Waals surface area contributed by atoms with Crippen molar-refractivity contribution in [2.45, 2.75) is 43.8 Å². The maximum Gasteiger partial charge on any atom is 0.263 e. The van der Waals surface area contributed by atoms with Crippen LogP contribution in [0.2, 0.25) is 0 Å². The molecule has 164 valence electrons. The molecule has 0 saturated carbocycles. The van der Waals surface area contributed by atoms with E-state index in [4.69, 9.17) is 9.72 Å². The number of para-hydroxylation sites is 1. The molecule has 0 fully saturated rings. The number of aromatic nitrogens is 2. The highest BCUT2D eigenvalue weighted by Gasteiger charge is 2.22. The van der Waals surface area contributed by atoms with Gasteiger partial charge in [0.1, 0.15) is 10.6 Å². The molecular weight excluding hydrogens is 436 g/mol. The van der Waals surface area contributed by atoms with Gasteiger partial charge in [0.25, 0.3) is 5.56 Å². The molecule has 2 aromatic heterocycles. The van der Waals surface area contributed by atoms with Gasteiger partial charge in [-0.1, -0.05) is 60.3 Å². The molecule has 4 aromatic rings. The smallest absolute Gasteiger partial charge is 0.263 e. The molecule has 6 heteroatoms. The zero-order valence-electron chi connectivity index (χ0n) is 18.0. The number of hydrogen-bond donors (Lipinski definition) is 0. The molecule has 5 rings (SSSR count). The minimum atomic E-state index is 0.122. The number of hydrogen-bond acceptors (Lipinski definition) is 5. The van der Waals surface area contributed by atoms with E-state index in [9.17, 15) is 4.79 Å². The lowest BCUT2D eigenvalue weighted by Crippen LogP contribution is -2.25. The third kappa shape index (κ3) is 4.62. The Morgan fingerprint density at radius 2 is 1.75 bits per heavy atom. The normalized spacial score (nSPS) is 13.2. The van der Waals surface area contributed by atoms with Gasteiger partial charge < -0.3 is 4.74 Å². The van der Waals surface area contributed by atoms with Crippen LogP contribution in [0, 0.1) is 0 Å². The van der Waals surface area contributed by atoms with Crippen LogP contribution < -0.4 is 10.3 Å². The zero-order valence-corrected chi connectivity index (χ0v) is 19.6. The molecule has 1 aliphatic rings. The SMILES string of the molecule is O=c1c2c3c(sc2nc(SCCOc2ccccc2)n1CCc1ccccc1)CCCC3. The van der Waals surface area contributed by atoms with E-state index in [1.807, 2.05) is 53.1 Å². The first-order valence-electron chi connectivity index (χ1n) is 11.2. The Balaban J connectivity index is 1.41.